The smallest absolute Gasteiger partial charge is 0.238 e. The maximum atomic E-state index is 12.3. The van der Waals surface area contributed by atoms with Crippen LogP contribution < -0.4 is 10.6 Å². The molecule has 2 amide bonds. The Morgan fingerprint density at radius 3 is 2.71 bits per heavy atom. The maximum absolute atomic E-state index is 12.3. The summed E-state index contributed by atoms with van der Waals surface area (Å²) in [6.07, 6.45) is 0.142. The second-order valence-electron chi connectivity index (χ2n) is 5.64. The van der Waals surface area contributed by atoms with Crippen LogP contribution in [0.5, 0.6) is 0 Å². The molecule has 1 aliphatic rings. The lowest BCUT2D eigenvalue weighted by Gasteiger charge is -2.24. The molecule has 0 aromatic heterocycles. The zero-order chi connectivity index (χ0) is 17.1. The van der Waals surface area contributed by atoms with Gasteiger partial charge in [0.25, 0.3) is 0 Å². The molecule has 2 N–H and O–H groups in total. The highest BCUT2D eigenvalue weighted by molar-refractivity contribution is 8.01. The average Bonchev–Trinajstić information content (AvgIpc) is 2.56. The standard InChI is InChI=1S/C18H17ClN2O2S/c1-11(12-6-8-13(19)9-7-12)20-17(22)10-16-18(23)21-14-4-2-3-5-15(14)24-16/h2-9,11,16H,10H2,1H3,(H,20,22)(H,21,23)/t11-,16+/m1/s1. The topological polar surface area (TPSA) is 58.2 Å². The molecule has 0 spiro atoms. The Morgan fingerprint density at radius 1 is 1.25 bits per heavy atom. The first-order valence-corrected chi connectivity index (χ1v) is 8.90. The summed E-state index contributed by atoms with van der Waals surface area (Å²) in [5, 5.41) is 6.02. The molecule has 0 radical (unpaired) electrons. The largest absolute Gasteiger partial charge is 0.350 e. The Hall–Kier alpha value is -1.98. The van der Waals surface area contributed by atoms with Gasteiger partial charge in [0.15, 0.2) is 0 Å². The van der Waals surface area contributed by atoms with E-state index in [1.54, 1.807) is 12.1 Å². The summed E-state index contributed by atoms with van der Waals surface area (Å²) in [6, 6.07) is 14.8. The molecular weight excluding hydrogens is 344 g/mol. The summed E-state index contributed by atoms with van der Waals surface area (Å²) in [5.41, 5.74) is 1.78. The van der Waals surface area contributed by atoms with Gasteiger partial charge in [-0.15, -0.1) is 11.8 Å². The highest BCUT2D eigenvalue weighted by Crippen LogP contribution is 2.36. The molecule has 0 bridgehead atoms. The number of thioether (sulfide) groups is 1. The number of halogens is 1. The normalized spacial score (nSPS) is 17.6. The van der Waals surface area contributed by atoms with E-state index in [0.29, 0.717) is 5.02 Å². The van der Waals surface area contributed by atoms with Crippen molar-refractivity contribution in [3.8, 4) is 0 Å². The van der Waals surface area contributed by atoms with Gasteiger partial charge in [-0.2, -0.15) is 0 Å². The Bertz CT molecular complexity index is 764. The molecule has 0 fully saturated rings. The number of anilines is 1. The first-order valence-electron chi connectivity index (χ1n) is 7.64. The van der Waals surface area contributed by atoms with E-state index in [1.165, 1.54) is 11.8 Å². The van der Waals surface area contributed by atoms with Gasteiger partial charge in [-0.25, -0.2) is 0 Å². The van der Waals surface area contributed by atoms with Crippen LogP contribution in [0.2, 0.25) is 5.02 Å². The highest BCUT2D eigenvalue weighted by atomic mass is 35.5. The fourth-order valence-corrected chi connectivity index (χ4v) is 3.77. The van der Waals surface area contributed by atoms with Crippen molar-refractivity contribution in [1.82, 2.24) is 5.32 Å². The Balaban J connectivity index is 1.61. The second kappa shape index (κ2) is 7.28. The molecule has 6 heteroatoms. The fraction of sp³-hybridized carbons (Fsp3) is 0.222. The first-order chi connectivity index (χ1) is 11.5. The molecule has 0 unspecified atom stereocenters. The van der Waals surface area contributed by atoms with E-state index in [4.69, 9.17) is 11.6 Å². The Labute approximate surface area is 150 Å². The van der Waals surface area contributed by atoms with Crippen molar-refractivity contribution in [1.29, 1.82) is 0 Å². The molecule has 3 rings (SSSR count). The molecule has 0 aliphatic carbocycles. The van der Waals surface area contributed by atoms with E-state index < -0.39 is 5.25 Å². The quantitative estimate of drug-likeness (QED) is 0.865. The number of fused-ring (bicyclic) bond motifs is 1. The zero-order valence-corrected chi connectivity index (χ0v) is 14.7. The van der Waals surface area contributed by atoms with E-state index in [1.807, 2.05) is 43.3 Å². The van der Waals surface area contributed by atoms with Gasteiger partial charge in [0.1, 0.15) is 0 Å². The number of carbonyl (C=O) groups excluding carboxylic acids is 2. The summed E-state index contributed by atoms with van der Waals surface area (Å²) >= 11 is 7.30. The van der Waals surface area contributed by atoms with Crippen molar-refractivity contribution < 1.29 is 9.59 Å². The molecule has 4 nitrogen and oxygen atoms in total. The third kappa shape index (κ3) is 3.91. The first kappa shape index (κ1) is 16.9. The van der Waals surface area contributed by atoms with E-state index >= 15 is 0 Å². The van der Waals surface area contributed by atoms with Crippen molar-refractivity contribution >= 4 is 40.9 Å². The van der Waals surface area contributed by atoms with Crippen LogP contribution in [0.3, 0.4) is 0 Å². The van der Waals surface area contributed by atoms with Crippen molar-refractivity contribution in [3.63, 3.8) is 0 Å². The number of hydrogen-bond acceptors (Lipinski definition) is 3. The fourth-order valence-electron chi connectivity index (χ4n) is 2.53. The predicted molar refractivity (Wildman–Crippen MR) is 97.3 cm³/mol. The minimum absolute atomic E-state index is 0.131. The number of amides is 2. The van der Waals surface area contributed by atoms with Crippen molar-refractivity contribution in [2.45, 2.75) is 29.5 Å². The average molecular weight is 361 g/mol. The van der Waals surface area contributed by atoms with Crippen molar-refractivity contribution in [2.75, 3.05) is 5.32 Å². The molecular formula is C18H17ClN2O2S. The lowest BCUT2D eigenvalue weighted by Crippen LogP contribution is -2.35. The minimum Gasteiger partial charge on any atom is -0.350 e. The van der Waals surface area contributed by atoms with Gasteiger partial charge in [0, 0.05) is 16.3 Å². The van der Waals surface area contributed by atoms with Gasteiger partial charge in [-0.05, 0) is 36.8 Å². The highest BCUT2D eigenvalue weighted by Gasteiger charge is 2.29. The third-order valence-electron chi connectivity index (χ3n) is 3.82. The third-order valence-corrected chi connectivity index (χ3v) is 5.35. The summed E-state index contributed by atoms with van der Waals surface area (Å²) < 4.78 is 0. The maximum Gasteiger partial charge on any atom is 0.238 e. The van der Waals surface area contributed by atoms with Crippen molar-refractivity contribution in [2.24, 2.45) is 0 Å². The number of nitrogens with one attached hydrogen (secondary N) is 2. The van der Waals surface area contributed by atoms with Gasteiger partial charge in [0.05, 0.1) is 17.0 Å². The molecule has 2 atom stereocenters. The van der Waals surface area contributed by atoms with Gasteiger partial charge < -0.3 is 10.6 Å². The molecule has 1 heterocycles. The van der Waals surface area contributed by atoms with Crippen LogP contribution in [0.25, 0.3) is 0 Å². The summed E-state index contributed by atoms with van der Waals surface area (Å²) in [7, 11) is 0. The van der Waals surface area contributed by atoms with Crippen LogP contribution in [-0.4, -0.2) is 17.1 Å². The van der Waals surface area contributed by atoms with Crippen LogP contribution in [0.4, 0.5) is 5.69 Å². The van der Waals surface area contributed by atoms with Gasteiger partial charge in [-0.3, -0.25) is 9.59 Å². The van der Waals surface area contributed by atoms with Crippen LogP contribution in [0.15, 0.2) is 53.4 Å². The van der Waals surface area contributed by atoms with Gasteiger partial charge in [0.2, 0.25) is 11.8 Å². The summed E-state index contributed by atoms with van der Waals surface area (Å²) in [5.74, 6) is -0.280. The van der Waals surface area contributed by atoms with Gasteiger partial charge >= 0.3 is 0 Å². The molecule has 2 aromatic carbocycles. The van der Waals surface area contributed by atoms with E-state index in [0.717, 1.165) is 16.1 Å². The number of hydrogen-bond donors (Lipinski definition) is 2. The lowest BCUT2D eigenvalue weighted by molar-refractivity contribution is -0.124. The van der Waals surface area contributed by atoms with E-state index in [2.05, 4.69) is 10.6 Å². The summed E-state index contributed by atoms with van der Waals surface area (Å²) in [6.45, 7) is 1.91. The monoisotopic (exact) mass is 360 g/mol. The number of para-hydroxylation sites is 1. The van der Waals surface area contributed by atoms with Crippen LogP contribution in [0, 0.1) is 0 Å². The molecule has 2 aromatic rings. The van der Waals surface area contributed by atoms with Crippen molar-refractivity contribution in [3.05, 3.63) is 59.1 Å². The predicted octanol–water partition coefficient (Wildman–Crippen LogP) is 4.02. The van der Waals surface area contributed by atoms with E-state index in [-0.39, 0.29) is 24.3 Å². The molecule has 124 valence electrons. The van der Waals surface area contributed by atoms with Crippen LogP contribution >= 0.6 is 23.4 Å². The number of rotatable bonds is 4. The Kier molecular flexibility index (Phi) is 5.11. The van der Waals surface area contributed by atoms with Crippen LogP contribution in [0.1, 0.15) is 24.9 Å². The molecule has 1 aliphatic heterocycles. The van der Waals surface area contributed by atoms with Crippen LogP contribution in [-0.2, 0) is 9.59 Å². The van der Waals surface area contributed by atoms with Gasteiger partial charge in [-0.1, -0.05) is 35.9 Å². The van der Waals surface area contributed by atoms with E-state index in [9.17, 15) is 9.59 Å². The molecule has 0 saturated heterocycles. The lowest BCUT2D eigenvalue weighted by atomic mass is 10.1. The molecule has 24 heavy (non-hydrogen) atoms. The number of carbonyl (C=O) groups is 2. The SMILES string of the molecule is C[C@@H](NC(=O)C[C@@H]1Sc2ccccc2NC1=O)c1ccc(Cl)cc1. The molecule has 0 saturated carbocycles. The minimum atomic E-state index is -0.419. The second-order valence-corrected chi connectivity index (χ2v) is 7.32. The number of benzene rings is 2. The Morgan fingerprint density at radius 2 is 1.96 bits per heavy atom. The zero-order valence-electron chi connectivity index (χ0n) is 13.1. The summed E-state index contributed by atoms with van der Waals surface area (Å²) in [4.78, 5) is 25.4.